The van der Waals surface area contributed by atoms with E-state index in [1.54, 1.807) is 0 Å². The first-order valence-electron chi connectivity index (χ1n) is 17.5. The Labute approximate surface area is 307 Å². The zero-order valence-corrected chi connectivity index (χ0v) is 29.4. The van der Waals surface area contributed by atoms with E-state index in [2.05, 4.69) is 16.0 Å². The molecule has 12 nitrogen and oxygen atoms in total. The predicted molar refractivity (Wildman–Crippen MR) is 197 cm³/mol. The summed E-state index contributed by atoms with van der Waals surface area (Å²) in [6.45, 7) is 3.04. The highest BCUT2D eigenvalue weighted by Crippen LogP contribution is 2.37. The van der Waals surface area contributed by atoms with Crippen LogP contribution in [0.2, 0.25) is 0 Å². The van der Waals surface area contributed by atoms with Gasteiger partial charge in [-0.05, 0) is 61.6 Å². The molecule has 0 saturated heterocycles. The number of aromatic nitrogens is 1. The molecule has 0 saturated carbocycles. The number of amides is 3. The van der Waals surface area contributed by atoms with E-state index in [1.807, 2.05) is 115 Å². The second kappa shape index (κ2) is 17.6. The Hall–Kier alpha value is -6.48. The molecule has 4 aromatic carbocycles. The Morgan fingerprint density at radius 3 is 2.40 bits per heavy atom. The van der Waals surface area contributed by atoms with Crippen LogP contribution < -0.4 is 30.2 Å². The van der Waals surface area contributed by atoms with Gasteiger partial charge in [-0.3, -0.25) is 9.59 Å². The number of nitrogens with zero attached hydrogens (tertiary/aromatic N) is 2. The average molecular weight is 716 g/mol. The SMILES string of the molecule is Cc1c(C(=O)NC(CCCCNC(=O)OCc2ccccc2)C(=O)NCC#N)c2cc(OCc3ccccc3)ccc2n1Cc1cccc2c1OCO2. The molecular weight excluding hydrogens is 674 g/mol. The summed E-state index contributed by atoms with van der Waals surface area (Å²) in [6, 6.07) is 31.5. The van der Waals surface area contributed by atoms with Crippen molar-refractivity contribution in [2.45, 2.75) is 52.0 Å². The van der Waals surface area contributed by atoms with Crippen molar-refractivity contribution >= 4 is 28.8 Å². The molecule has 0 aliphatic carbocycles. The lowest BCUT2D eigenvalue weighted by Gasteiger charge is -2.18. The quantitative estimate of drug-likeness (QED) is 0.0814. The van der Waals surface area contributed by atoms with Crippen molar-refractivity contribution in [1.82, 2.24) is 20.5 Å². The van der Waals surface area contributed by atoms with Gasteiger partial charge in [-0.2, -0.15) is 5.26 Å². The number of carbonyl (C=O) groups is 3. The highest BCUT2D eigenvalue weighted by molar-refractivity contribution is 6.10. The summed E-state index contributed by atoms with van der Waals surface area (Å²) in [5.41, 5.74) is 4.66. The topological polar surface area (TPSA) is 153 Å². The van der Waals surface area contributed by atoms with Crippen LogP contribution in [0.4, 0.5) is 4.79 Å². The number of unbranched alkanes of at least 4 members (excludes halogenated alkanes) is 1. The number of rotatable bonds is 16. The van der Waals surface area contributed by atoms with Gasteiger partial charge in [-0.15, -0.1) is 0 Å². The first kappa shape index (κ1) is 36.3. The lowest BCUT2D eigenvalue weighted by molar-refractivity contribution is -0.122. The Kier molecular flexibility index (Phi) is 12.1. The molecule has 53 heavy (non-hydrogen) atoms. The molecule has 3 amide bonds. The number of fused-ring (bicyclic) bond motifs is 2. The molecule has 12 heteroatoms. The molecule has 5 aromatic rings. The third kappa shape index (κ3) is 9.25. The summed E-state index contributed by atoms with van der Waals surface area (Å²) in [5.74, 6) is 1.000. The maximum atomic E-state index is 14.3. The number of hydrogen-bond donors (Lipinski definition) is 3. The molecule has 1 unspecified atom stereocenters. The van der Waals surface area contributed by atoms with Crippen molar-refractivity contribution in [3.05, 3.63) is 125 Å². The third-order valence-corrected chi connectivity index (χ3v) is 8.94. The van der Waals surface area contributed by atoms with Crippen molar-refractivity contribution in [3.63, 3.8) is 0 Å². The zero-order valence-electron chi connectivity index (χ0n) is 29.4. The van der Waals surface area contributed by atoms with Gasteiger partial charge in [-0.25, -0.2) is 4.79 Å². The molecule has 272 valence electrons. The normalized spacial score (nSPS) is 12.1. The van der Waals surface area contributed by atoms with E-state index in [9.17, 15) is 14.4 Å². The fourth-order valence-electron chi connectivity index (χ4n) is 6.25. The fraction of sp³-hybridized carbons (Fsp3) is 0.268. The summed E-state index contributed by atoms with van der Waals surface area (Å²) >= 11 is 0. The van der Waals surface area contributed by atoms with Crippen LogP contribution in [0.5, 0.6) is 17.2 Å². The van der Waals surface area contributed by atoms with Crippen LogP contribution in [-0.2, 0) is 29.3 Å². The van der Waals surface area contributed by atoms with Crippen molar-refractivity contribution < 1.29 is 33.3 Å². The Morgan fingerprint density at radius 2 is 1.64 bits per heavy atom. The van der Waals surface area contributed by atoms with E-state index in [-0.39, 0.29) is 26.4 Å². The summed E-state index contributed by atoms with van der Waals surface area (Å²) in [5, 5.41) is 18.0. The number of ether oxygens (including phenoxy) is 4. The summed E-state index contributed by atoms with van der Waals surface area (Å²) in [6.07, 6.45) is 0.777. The van der Waals surface area contributed by atoms with Gasteiger partial charge in [0, 0.05) is 28.7 Å². The van der Waals surface area contributed by atoms with Crippen molar-refractivity contribution in [3.8, 4) is 23.3 Å². The molecule has 0 fully saturated rings. The highest BCUT2D eigenvalue weighted by atomic mass is 16.7. The summed E-state index contributed by atoms with van der Waals surface area (Å²) in [4.78, 5) is 39.7. The maximum absolute atomic E-state index is 14.3. The van der Waals surface area contributed by atoms with E-state index in [4.69, 9.17) is 24.2 Å². The second-order valence-electron chi connectivity index (χ2n) is 12.5. The van der Waals surface area contributed by atoms with Crippen molar-refractivity contribution in [2.75, 3.05) is 19.9 Å². The van der Waals surface area contributed by atoms with Gasteiger partial charge in [0.2, 0.25) is 12.7 Å². The number of carbonyl (C=O) groups excluding carboxylic acids is 3. The number of nitrogens with one attached hydrogen (secondary N) is 3. The van der Waals surface area contributed by atoms with Crippen LogP contribution in [0, 0.1) is 18.3 Å². The van der Waals surface area contributed by atoms with Crippen molar-refractivity contribution in [2.24, 2.45) is 0 Å². The molecule has 6 rings (SSSR count). The average Bonchev–Trinajstić information content (AvgIpc) is 3.78. The first-order valence-corrected chi connectivity index (χ1v) is 17.5. The highest BCUT2D eigenvalue weighted by Gasteiger charge is 2.27. The molecule has 0 radical (unpaired) electrons. The number of hydrogen-bond acceptors (Lipinski definition) is 8. The summed E-state index contributed by atoms with van der Waals surface area (Å²) in [7, 11) is 0. The maximum Gasteiger partial charge on any atom is 0.407 e. The molecule has 1 aliphatic heterocycles. The molecule has 1 atom stereocenters. The zero-order chi connectivity index (χ0) is 37.0. The standard InChI is InChI=1S/C41H41N5O7/c1-28-37(40(48)45-34(39(47)43-22-20-42)16-8-9-21-44-41(49)51-26-30-13-6-3-7-14-30)33-23-32(50-25-29-11-4-2-5-12-29)18-19-35(33)46(28)24-31-15-10-17-36-38(31)53-27-52-36/h2-7,10-15,17-19,23,34H,8-9,16,21-22,24-27H2,1H3,(H,43,47)(H,44,49)(H,45,48). The second-order valence-corrected chi connectivity index (χ2v) is 12.5. The fourth-order valence-corrected chi connectivity index (χ4v) is 6.25. The van der Waals surface area contributed by atoms with Gasteiger partial charge in [0.1, 0.15) is 31.5 Å². The van der Waals surface area contributed by atoms with E-state index in [0.717, 1.165) is 22.2 Å². The summed E-state index contributed by atoms with van der Waals surface area (Å²) < 4.78 is 24.8. The monoisotopic (exact) mass is 715 g/mol. The van der Waals surface area contributed by atoms with Gasteiger partial charge in [-0.1, -0.05) is 72.8 Å². The van der Waals surface area contributed by atoms with Gasteiger partial charge in [0.25, 0.3) is 5.91 Å². The molecule has 1 aliphatic rings. The molecule has 3 N–H and O–H groups in total. The predicted octanol–water partition coefficient (Wildman–Crippen LogP) is 6.14. The Bertz CT molecular complexity index is 2090. The number of benzene rings is 4. The van der Waals surface area contributed by atoms with E-state index in [1.165, 1.54) is 0 Å². The number of alkyl carbamates (subject to hydrolysis) is 1. The molecule has 1 aromatic heterocycles. The first-order chi connectivity index (χ1) is 25.9. The lowest BCUT2D eigenvalue weighted by Crippen LogP contribution is -2.47. The molecule has 0 bridgehead atoms. The minimum absolute atomic E-state index is 0.136. The van der Waals surface area contributed by atoms with Gasteiger partial charge in [0.05, 0.1) is 18.2 Å². The third-order valence-electron chi connectivity index (χ3n) is 8.94. The molecule has 2 heterocycles. The van der Waals surface area contributed by atoms with Crippen LogP contribution in [0.25, 0.3) is 10.9 Å². The lowest BCUT2D eigenvalue weighted by atomic mass is 10.1. The van der Waals surface area contributed by atoms with Crippen LogP contribution in [-0.4, -0.2) is 48.4 Å². The Balaban J connectivity index is 1.19. The minimum atomic E-state index is -0.931. The van der Waals surface area contributed by atoms with Crippen LogP contribution in [0.3, 0.4) is 0 Å². The van der Waals surface area contributed by atoms with E-state index in [0.29, 0.717) is 66.4 Å². The molecule has 0 spiro atoms. The van der Waals surface area contributed by atoms with Crippen LogP contribution in [0.15, 0.2) is 97.1 Å². The van der Waals surface area contributed by atoms with E-state index >= 15 is 0 Å². The van der Waals surface area contributed by atoms with Crippen LogP contribution >= 0.6 is 0 Å². The van der Waals surface area contributed by atoms with Gasteiger partial charge < -0.3 is 39.5 Å². The largest absolute Gasteiger partial charge is 0.489 e. The van der Waals surface area contributed by atoms with Gasteiger partial charge in [0.15, 0.2) is 11.5 Å². The van der Waals surface area contributed by atoms with Crippen LogP contribution in [0.1, 0.15) is 52.0 Å². The van der Waals surface area contributed by atoms with Crippen molar-refractivity contribution in [1.29, 1.82) is 5.26 Å². The van der Waals surface area contributed by atoms with E-state index < -0.39 is 23.9 Å². The smallest absolute Gasteiger partial charge is 0.407 e. The minimum Gasteiger partial charge on any atom is -0.489 e. The van der Waals surface area contributed by atoms with Gasteiger partial charge >= 0.3 is 6.09 Å². The number of nitriles is 1. The molecular formula is C41H41N5O7. The number of para-hydroxylation sites is 1. The Morgan fingerprint density at radius 1 is 0.887 bits per heavy atom.